The lowest BCUT2D eigenvalue weighted by Crippen LogP contribution is -2.27. The second-order valence-electron chi connectivity index (χ2n) is 3.14. The fourth-order valence-corrected chi connectivity index (χ4v) is 1.67. The van der Waals surface area contributed by atoms with Crippen molar-refractivity contribution in [3.63, 3.8) is 0 Å². The minimum Gasteiger partial charge on any atom is -0.356 e. The van der Waals surface area contributed by atoms with Crippen LogP contribution >= 0.6 is 15.9 Å². The predicted octanol–water partition coefficient (Wildman–Crippen LogP) is 2.32. The van der Waals surface area contributed by atoms with Crippen LogP contribution in [0.2, 0.25) is 0 Å². The number of hydrogen-bond acceptors (Lipinski definition) is 1. The summed E-state index contributed by atoms with van der Waals surface area (Å²) in [5, 5.41) is 3.92. The van der Waals surface area contributed by atoms with Crippen molar-refractivity contribution in [2.24, 2.45) is 5.92 Å². The number of amides is 1. The van der Waals surface area contributed by atoms with Gasteiger partial charge in [0, 0.05) is 18.3 Å². The molecule has 0 aromatic heterocycles. The summed E-state index contributed by atoms with van der Waals surface area (Å²) in [6, 6.07) is 0. The zero-order valence-electron chi connectivity index (χ0n) is 7.90. The third-order valence-corrected chi connectivity index (χ3v) is 2.18. The average Bonchev–Trinajstić information content (AvgIpc) is 2.02. The third kappa shape index (κ3) is 6.65. The van der Waals surface area contributed by atoms with Gasteiger partial charge in [0.2, 0.25) is 5.91 Å². The van der Waals surface area contributed by atoms with Gasteiger partial charge in [0.15, 0.2) is 0 Å². The Bertz CT molecular complexity index is 128. The van der Waals surface area contributed by atoms with Crippen molar-refractivity contribution in [2.75, 3.05) is 11.9 Å². The molecule has 0 rings (SSSR count). The molecule has 0 radical (unpaired) electrons. The van der Waals surface area contributed by atoms with Crippen molar-refractivity contribution in [2.45, 2.75) is 33.1 Å². The number of alkyl halides is 1. The lowest BCUT2D eigenvalue weighted by atomic mass is 10.1. The maximum Gasteiger partial charge on any atom is 0.219 e. The molecule has 0 bridgehead atoms. The Morgan fingerprint density at radius 2 is 2.25 bits per heavy atom. The van der Waals surface area contributed by atoms with E-state index in [0.29, 0.717) is 12.3 Å². The van der Waals surface area contributed by atoms with Crippen molar-refractivity contribution in [3.05, 3.63) is 0 Å². The van der Waals surface area contributed by atoms with Crippen LogP contribution in [-0.2, 0) is 4.79 Å². The van der Waals surface area contributed by atoms with Gasteiger partial charge in [-0.25, -0.2) is 0 Å². The first kappa shape index (κ1) is 11.9. The number of nitrogens with one attached hydrogen (secondary N) is 1. The number of rotatable bonds is 6. The highest BCUT2D eigenvalue weighted by atomic mass is 79.9. The molecule has 0 saturated carbocycles. The second kappa shape index (κ2) is 7.59. The Hall–Kier alpha value is -0.0500. The standard InChI is InChI=1S/C9H18BrNO/c1-3-4-9(12)11-7-8(2)5-6-10/h8H,3-7H2,1-2H3,(H,11,12). The Balaban J connectivity index is 3.33. The zero-order valence-corrected chi connectivity index (χ0v) is 9.49. The summed E-state index contributed by atoms with van der Waals surface area (Å²) < 4.78 is 0. The van der Waals surface area contributed by atoms with Crippen molar-refractivity contribution in [3.8, 4) is 0 Å². The molecule has 0 fully saturated rings. The smallest absolute Gasteiger partial charge is 0.219 e. The monoisotopic (exact) mass is 235 g/mol. The van der Waals surface area contributed by atoms with Crippen molar-refractivity contribution in [1.82, 2.24) is 5.32 Å². The average molecular weight is 236 g/mol. The molecule has 0 heterocycles. The Kier molecular flexibility index (Phi) is 7.56. The molecular weight excluding hydrogens is 218 g/mol. The van der Waals surface area contributed by atoms with Crippen LogP contribution in [0, 0.1) is 5.92 Å². The van der Waals surface area contributed by atoms with Crippen LogP contribution in [0.25, 0.3) is 0 Å². The predicted molar refractivity (Wildman–Crippen MR) is 55.5 cm³/mol. The van der Waals surface area contributed by atoms with Gasteiger partial charge in [-0.05, 0) is 18.8 Å². The van der Waals surface area contributed by atoms with Gasteiger partial charge in [-0.1, -0.05) is 29.8 Å². The normalized spacial score (nSPS) is 12.6. The van der Waals surface area contributed by atoms with E-state index in [1.54, 1.807) is 0 Å². The highest BCUT2D eigenvalue weighted by molar-refractivity contribution is 9.09. The molecule has 0 saturated heterocycles. The molecule has 0 aliphatic heterocycles. The van der Waals surface area contributed by atoms with E-state index in [9.17, 15) is 4.79 Å². The first-order valence-electron chi connectivity index (χ1n) is 4.53. The first-order chi connectivity index (χ1) is 5.70. The van der Waals surface area contributed by atoms with Crippen LogP contribution in [0.4, 0.5) is 0 Å². The van der Waals surface area contributed by atoms with Gasteiger partial charge in [-0.2, -0.15) is 0 Å². The number of hydrogen-bond donors (Lipinski definition) is 1. The van der Waals surface area contributed by atoms with Crippen LogP contribution in [-0.4, -0.2) is 17.8 Å². The first-order valence-corrected chi connectivity index (χ1v) is 5.65. The van der Waals surface area contributed by atoms with E-state index < -0.39 is 0 Å². The van der Waals surface area contributed by atoms with E-state index in [2.05, 4.69) is 28.2 Å². The summed E-state index contributed by atoms with van der Waals surface area (Å²) in [5.41, 5.74) is 0. The van der Waals surface area contributed by atoms with Gasteiger partial charge >= 0.3 is 0 Å². The zero-order chi connectivity index (χ0) is 9.40. The number of halogens is 1. The van der Waals surface area contributed by atoms with Crippen LogP contribution in [0.3, 0.4) is 0 Å². The summed E-state index contributed by atoms with van der Waals surface area (Å²) in [6.07, 6.45) is 2.70. The van der Waals surface area contributed by atoms with Crippen molar-refractivity contribution in [1.29, 1.82) is 0 Å². The number of carbonyl (C=O) groups excluding carboxylic acids is 1. The molecule has 1 unspecified atom stereocenters. The molecule has 0 aromatic carbocycles. The van der Waals surface area contributed by atoms with E-state index in [1.807, 2.05) is 6.92 Å². The van der Waals surface area contributed by atoms with E-state index >= 15 is 0 Å². The molecule has 1 amide bonds. The molecule has 2 nitrogen and oxygen atoms in total. The largest absolute Gasteiger partial charge is 0.356 e. The van der Waals surface area contributed by atoms with Gasteiger partial charge in [0.25, 0.3) is 0 Å². The van der Waals surface area contributed by atoms with Gasteiger partial charge in [-0.3, -0.25) is 4.79 Å². The fourth-order valence-electron chi connectivity index (χ4n) is 0.892. The SMILES string of the molecule is CCCC(=O)NCC(C)CCBr. The molecule has 72 valence electrons. The van der Waals surface area contributed by atoms with Crippen LogP contribution < -0.4 is 5.32 Å². The molecule has 0 aliphatic rings. The van der Waals surface area contributed by atoms with Gasteiger partial charge in [-0.15, -0.1) is 0 Å². The van der Waals surface area contributed by atoms with E-state index in [4.69, 9.17) is 0 Å². The minimum absolute atomic E-state index is 0.180. The molecule has 1 N–H and O–H groups in total. The third-order valence-electron chi connectivity index (χ3n) is 1.73. The highest BCUT2D eigenvalue weighted by Gasteiger charge is 2.03. The van der Waals surface area contributed by atoms with Crippen LogP contribution in [0.15, 0.2) is 0 Å². The molecule has 1 atom stereocenters. The maximum absolute atomic E-state index is 11.0. The topological polar surface area (TPSA) is 29.1 Å². The van der Waals surface area contributed by atoms with Gasteiger partial charge in [0.1, 0.15) is 0 Å². The van der Waals surface area contributed by atoms with Crippen molar-refractivity contribution >= 4 is 21.8 Å². The maximum atomic E-state index is 11.0. The Morgan fingerprint density at radius 1 is 1.58 bits per heavy atom. The molecule has 0 aliphatic carbocycles. The van der Waals surface area contributed by atoms with Crippen LogP contribution in [0.1, 0.15) is 33.1 Å². The summed E-state index contributed by atoms with van der Waals surface area (Å²) in [4.78, 5) is 11.0. The van der Waals surface area contributed by atoms with E-state index in [-0.39, 0.29) is 5.91 Å². The highest BCUT2D eigenvalue weighted by Crippen LogP contribution is 2.02. The Morgan fingerprint density at radius 3 is 2.75 bits per heavy atom. The quantitative estimate of drug-likeness (QED) is 0.704. The summed E-state index contributed by atoms with van der Waals surface area (Å²) in [7, 11) is 0. The molecule has 0 aromatic rings. The summed E-state index contributed by atoms with van der Waals surface area (Å²) >= 11 is 3.38. The lowest BCUT2D eigenvalue weighted by molar-refractivity contribution is -0.121. The van der Waals surface area contributed by atoms with E-state index in [1.165, 1.54) is 0 Å². The lowest BCUT2D eigenvalue weighted by Gasteiger charge is -2.10. The fraction of sp³-hybridized carbons (Fsp3) is 0.889. The number of carbonyl (C=O) groups is 1. The molecular formula is C9H18BrNO. The molecule has 0 spiro atoms. The summed E-state index contributed by atoms with van der Waals surface area (Å²) in [6.45, 7) is 4.97. The second-order valence-corrected chi connectivity index (χ2v) is 3.93. The van der Waals surface area contributed by atoms with Gasteiger partial charge < -0.3 is 5.32 Å². The van der Waals surface area contributed by atoms with Crippen molar-refractivity contribution < 1.29 is 4.79 Å². The summed E-state index contributed by atoms with van der Waals surface area (Å²) in [5.74, 6) is 0.754. The van der Waals surface area contributed by atoms with E-state index in [0.717, 1.165) is 24.7 Å². The Labute approximate surface area is 83.2 Å². The molecule has 3 heteroatoms. The van der Waals surface area contributed by atoms with Gasteiger partial charge in [0.05, 0.1) is 0 Å². The minimum atomic E-state index is 0.180. The van der Waals surface area contributed by atoms with Crippen LogP contribution in [0.5, 0.6) is 0 Å². The molecule has 12 heavy (non-hydrogen) atoms.